The molecule has 10 heteroatoms. The SMILES string of the molecule is CCO[C@H](C)SCC(=O)NCC(CCC(=O)O)NC(=O)CS[C@@H](C)OCC. The van der Waals surface area contributed by atoms with Crippen molar-refractivity contribution in [2.75, 3.05) is 31.3 Å². The van der Waals surface area contributed by atoms with Gasteiger partial charge in [-0.15, -0.1) is 23.5 Å². The zero-order valence-electron chi connectivity index (χ0n) is 16.5. The second kappa shape index (κ2) is 16.0. The molecule has 3 atom stereocenters. The fraction of sp³-hybridized carbons (Fsp3) is 0.824. The number of hydrogen-bond donors (Lipinski definition) is 3. The van der Waals surface area contributed by atoms with Crippen molar-refractivity contribution in [2.45, 2.75) is 57.5 Å². The van der Waals surface area contributed by atoms with Gasteiger partial charge in [-0.05, 0) is 34.1 Å². The lowest BCUT2D eigenvalue weighted by Gasteiger charge is -2.19. The van der Waals surface area contributed by atoms with E-state index >= 15 is 0 Å². The summed E-state index contributed by atoms with van der Waals surface area (Å²) in [5.74, 6) is -0.889. The Morgan fingerprint density at radius 2 is 1.48 bits per heavy atom. The van der Waals surface area contributed by atoms with Crippen LogP contribution in [-0.2, 0) is 23.9 Å². The summed E-state index contributed by atoms with van der Waals surface area (Å²) in [6.07, 6.45) is 0.162. The van der Waals surface area contributed by atoms with Crippen molar-refractivity contribution in [3.63, 3.8) is 0 Å². The third-order valence-corrected chi connectivity index (χ3v) is 5.39. The maximum Gasteiger partial charge on any atom is 0.303 e. The van der Waals surface area contributed by atoms with Gasteiger partial charge in [0.1, 0.15) is 10.9 Å². The molecule has 0 aromatic carbocycles. The van der Waals surface area contributed by atoms with Crippen LogP contribution in [0.4, 0.5) is 0 Å². The van der Waals surface area contributed by atoms with Gasteiger partial charge in [0, 0.05) is 32.2 Å². The molecule has 0 aromatic heterocycles. The van der Waals surface area contributed by atoms with Crippen molar-refractivity contribution < 1.29 is 29.0 Å². The summed E-state index contributed by atoms with van der Waals surface area (Å²) >= 11 is 2.74. The number of rotatable bonds is 16. The molecule has 0 heterocycles. The van der Waals surface area contributed by atoms with Gasteiger partial charge < -0.3 is 25.2 Å². The molecule has 0 spiro atoms. The van der Waals surface area contributed by atoms with Crippen LogP contribution in [0.5, 0.6) is 0 Å². The predicted molar refractivity (Wildman–Crippen MR) is 109 cm³/mol. The molecule has 0 rings (SSSR count). The number of amides is 2. The van der Waals surface area contributed by atoms with Gasteiger partial charge in [0.25, 0.3) is 0 Å². The summed E-state index contributed by atoms with van der Waals surface area (Å²) in [5.41, 5.74) is -0.171. The second-order valence-electron chi connectivity index (χ2n) is 5.67. The minimum atomic E-state index is -0.944. The molecule has 158 valence electrons. The van der Waals surface area contributed by atoms with Crippen LogP contribution in [0.25, 0.3) is 0 Å². The van der Waals surface area contributed by atoms with E-state index in [-0.39, 0.29) is 53.6 Å². The third-order valence-electron chi connectivity index (χ3n) is 3.32. The lowest BCUT2D eigenvalue weighted by Crippen LogP contribution is -2.45. The average molecular weight is 425 g/mol. The van der Waals surface area contributed by atoms with Gasteiger partial charge >= 0.3 is 5.97 Å². The maximum atomic E-state index is 12.1. The molecule has 27 heavy (non-hydrogen) atoms. The molecule has 0 aliphatic rings. The first-order valence-electron chi connectivity index (χ1n) is 9.02. The van der Waals surface area contributed by atoms with Crippen molar-refractivity contribution in [1.29, 1.82) is 0 Å². The van der Waals surface area contributed by atoms with Gasteiger partial charge in [-0.25, -0.2) is 0 Å². The molecule has 0 saturated carbocycles. The highest BCUT2D eigenvalue weighted by Gasteiger charge is 2.16. The van der Waals surface area contributed by atoms with Crippen LogP contribution in [-0.4, -0.2) is 71.1 Å². The van der Waals surface area contributed by atoms with E-state index in [4.69, 9.17) is 14.6 Å². The lowest BCUT2D eigenvalue weighted by molar-refractivity contribution is -0.137. The van der Waals surface area contributed by atoms with Gasteiger partial charge in [0.15, 0.2) is 0 Å². The molecular weight excluding hydrogens is 392 g/mol. The van der Waals surface area contributed by atoms with Crippen LogP contribution in [0.2, 0.25) is 0 Å². The van der Waals surface area contributed by atoms with E-state index < -0.39 is 12.0 Å². The summed E-state index contributed by atoms with van der Waals surface area (Å²) in [6, 6.07) is -0.435. The van der Waals surface area contributed by atoms with E-state index in [1.54, 1.807) is 0 Å². The van der Waals surface area contributed by atoms with Crippen molar-refractivity contribution in [3.05, 3.63) is 0 Å². The Morgan fingerprint density at radius 3 is 1.96 bits per heavy atom. The molecule has 0 aliphatic carbocycles. The first kappa shape index (κ1) is 26.0. The van der Waals surface area contributed by atoms with Gasteiger partial charge in [-0.2, -0.15) is 0 Å². The Balaban J connectivity index is 4.35. The fourth-order valence-corrected chi connectivity index (χ4v) is 3.45. The van der Waals surface area contributed by atoms with Gasteiger partial charge in [0.2, 0.25) is 11.8 Å². The number of hydrogen-bond acceptors (Lipinski definition) is 7. The number of ether oxygens (including phenoxy) is 2. The highest BCUT2D eigenvalue weighted by atomic mass is 32.2. The molecule has 2 amide bonds. The monoisotopic (exact) mass is 424 g/mol. The number of nitrogens with one attached hydrogen (secondary N) is 2. The highest BCUT2D eigenvalue weighted by Crippen LogP contribution is 2.12. The van der Waals surface area contributed by atoms with E-state index in [0.29, 0.717) is 13.2 Å². The van der Waals surface area contributed by atoms with Gasteiger partial charge in [-0.3, -0.25) is 14.4 Å². The molecular formula is C17H32N2O6S2. The van der Waals surface area contributed by atoms with Crippen LogP contribution >= 0.6 is 23.5 Å². The van der Waals surface area contributed by atoms with Crippen molar-refractivity contribution >= 4 is 41.3 Å². The largest absolute Gasteiger partial charge is 0.481 e. The van der Waals surface area contributed by atoms with E-state index in [1.807, 2.05) is 27.7 Å². The molecule has 0 fully saturated rings. The zero-order chi connectivity index (χ0) is 20.7. The van der Waals surface area contributed by atoms with Gasteiger partial charge in [-0.1, -0.05) is 0 Å². The smallest absolute Gasteiger partial charge is 0.303 e. The normalized spacial score (nSPS) is 14.2. The summed E-state index contributed by atoms with van der Waals surface area (Å²) in [6.45, 7) is 8.85. The fourth-order valence-electron chi connectivity index (χ4n) is 2.03. The Morgan fingerprint density at radius 1 is 0.963 bits per heavy atom. The molecule has 0 bridgehead atoms. The van der Waals surface area contributed by atoms with Gasteiger partial charge in [0.05, 0.1) is 11.5 Å². The topological polar surface area (TPSA) is 114 Å². The predicted octanol–water partition coefficient (Wildman–Crippen LogP) is 1.68. The van der Waals surface area contributed by atoms with Crippen LogP contribution in [0.15, 0.2) is 0 Å². The summed E-state index contributed by atoms with van der Waals surface area (Å²) < 4.78 is 10.7. The first-order chi connectivity index (χ1) is 12.8. The number of thioether (sulfide) groups is 2. The standard InChI is InChI=1S/C17H32N2O6S2/c1-5-24-12(3)26-10-15(20)18-9-14(7-8-17(22)23)19-16(21)11-27-13(4)25-6-2/h12-14H,5-11H2,1-4H3,(H,18,20)(H,19,21)(H,22,23)/t12-,13-,14?/m0/s1. The van der Waals surface area contributed by atoms with E-state index in [2.05, 4.69) is 10.6 Å². The van der Waals surface area contributed by atoms with E-state index in [0.717, 1.165) is 0 Å². The van der Waals surface area contributed by atoms with E-state index in [9.17, 15) is 14.4 Å². The molecule has 0 radical (unpaired) electrons. The zero-order valence-corrected chi connectivity index (χ0v) is 18.1. The van der Waals surface area contributed by atoms with Crippen LogP contribution in [0.1, 0.15) is 40.5 Å². The van der Waals surface area contributed by atoms with E-state index in [1.165, 1.54) is 23.5 Å². The number of carbonyl (C=O) groups is 3. The molecule has 0 aliphatic heterocycles. The number of aliphatic carboxylic acids is 1. The average Bonchev–Trinajstić information content (AvgIpc) is 2.61. The quantitative estimate of drug-likeness (QED) is 0.321. The second-order valence-corrected chi connectivity index (χ2v) is 8.24. The highest BCUT2D eigenvalue weighted by molar-refractivity contribution is 8.00. The summed E-state index contributed by atoms with van der Waals surface area (Å²) in [4.78, 5) is 34.8. The van der Waals surface area contributed by atoms with Crippen LogP contribution in [0.3, 0.4) is 0 Å². The minimum absolute atomic E-state index is 0.0763. The van der Waals surface area contributed by atoms with Crippen molar-refractivity contribution in [2.24, 2.45) is 0 Å². The molecule has 3 N–H and O–H groups in total. The number of carboxylic acid groups (broad SMARTS) is 1. The Hall–Kier alpha value is -0.970. The minimum Gasteiger partial charge on any atom is -0.481 e. The molecule has 8 nitrogen and oxygen atoms in total. The Labute approximate surface area is 169 Å². The number of carboxylic acids is 1. The van der Waals surface area contributed by atoms with Crippen LogP contribution in [0, 0.1) is 0 Å². The van der Waals surface area contributed by atoms with Crippen molar-refractivity contribution in [1.82, 2.24) is 10.6 Å². The lowest BCUT2D eigenvalue weighted by atomic mass is 10.1. The maximum absolute atomic E-state index is 12.1. The molecule has 0 aromatic rings. The summed E-state index contributed by atoms with van der Waals surface area (Å²) in [7, 11) is 0. The molecule has 1 unspecified atom stereocenters. The Kier molecular flexibility index (Phi) is 15.5. The summed E-state index contributed by atoms with van der Waals surface area (Å²) in [5, 5.41) is 14.4. The van der Waals surface area contributed by atoms with Crippen molar-refractivity contribution in [3.8, 4) is 0 Å². The number of carbonyl (C=O) groups excluding carboxylic acids is 2. The molecule has 0 saturated heterocycles. The first-order valence-corrected chi connectivity index (χ1v) is 11.1. The Bertz CT molecular complexity index is 453. The van der Waals surface area contributed by atoms with Crippen LogP contribution < -0.4 is 10.6 Å². The third kappa shape index (κ3) is 15.8.